The van der Waals surface area contributed by atoms with Gasteiger partial charge in [-0.3, -0.25) is 0 Å². The normalized spacial score (nSPS) is 12.7. The number of halogens is 2. The van der Waals surface area contributed by atoms with E-state index >= 15 is 0 Å². The van der Waals surface area contributed by atoms with Crippen molar-refractivity contribution >= 4 is 23.4 Å². The molecule has 1 aromatic rings. The smallest absolute Gasteiger partial charge is 0.142 e. The summed E-state index contributed by atoms with van der Waals surface area (Å²) in [6, 6.07) is 5.50. The van der Waals surface area contributed by atoms with E-state index in [-0.39, 0.29) is 10.8 Å². The second kappa shape index (κ2) is 8.78. The van der Waals surface area contributed by atoms with Crippen LogP contribution in [0.15, 0.2) is 18.2 Å². The molecule has 0 aliphatic carbocycles. The molecule has 102 valence electrons. The van der Waals surface area contributed by atoms with Gasteiger partial charge < -0.3 is 5.32 Å². The average molecular weight is 290 g/mol. The fourth-order valence-electron chi connectivity index (χ4n) is 1.84. The third-order valence-electron chi connectivity index (χ3n) is 2.82. The van der Waals surface area contributed by atoms with Crippen LogP contribution in [0.2, 0.25) is 5.02 Å². The Bertz CT molecular complexity index is 352. The highest BCUT2D eigenvalue weighted by Crippen LogP contribution is 2.17. The summed E-state index contributed by atoms with van der Waals surface area (Å²) in [5.74, 6) is 0.797. The Morgan fingerprint density at radius 3 is 2.83 bits per heavy atom. The molecule has 1 unspecified atom stereocenters. The first-order chi connectivity index (χ1) is 8.67. The summed E-state index contributed by atoms with van der Waals surface area (Å²) in [6.07, 6.45) is 5.18. The molecule has 1 aromatic carbocycles. The molecule has 18 heavy (non-hydrogen) atoms. The van der Waals surface area contributed by atoms with Gasteiger partial charge in [-0.05, 0) is 55.5 Å². The molecule has 0 heterocycles. The number of benzene rings is 1. The highest BCUT2D eigenvalue weighted by Gasteiger charge is 2.10. The van der Waals surface area contributed by atoms with Crippen molar-refractivity contribution in [1.82, 2.24) is 5.32 Å². The number of hydrogen-bond acceptors (Lipinski definition) is 2. The van der Waals surface area contributed by atoms with Gasteiger partial charge in [-0.1, -0.05) is 24.6 Å². The van der Waals surface area contributed by atoms with Crippen LogP contribution in [-0.4, -0.2) is 24.6 Å². The first-order valence-corrected chi connectivity index (χ1v) is 8.10. The van der Waals surface area contributed by atoms with Gasteiger partial charge in [0.15, 0.2) is 0 Å². The number of rotatable bonds is 8. The number of hydrogen-bond donors (Lipinski definition) is 1. The summed E-state index contributed by atoms with van der Waals surface area (Å²) in [6.45, 7) is 3.16. The van der Waals surface area contributed by atoms with Crippen LogP contribution in [0, 0.1) is 5.82 Å². The van der Waals surface area contributed by atoms with E-state index in [0.29, 0.717) is 6.04 Å². The van der Waals surface area contributed by atoms with Crippen molar-refractivity contribution in [3.05, 3.63) is 34.6 Å². The SMILES string of the molecule is CCCNC(CCSC)Cc1ccc(Cl)c(F)c1. The van der Waals surface area contributed by atoms with Gasteiger partial charge in [0.1, 0.15) is 5.82 Å². The summed E-state index contributed by atoms with van der Waals surface area (Å²) in [4.78, 5) is 0. The largest absolute Gasteiger partial charge is 0.314 e. The summed E-state index contributed by atoms with van der Waals surface area (Å²) >= 11 is 7.53. The zero-order valence-electron chi connectivity index (χ0n) is 11.0. The fraction of sp³-hybridized carbons (Fsp3) is 0.571. The highest BCUT2D eigenvalue weighted by molar-refractivity contribution is 7.98. The molecule has 1 atom stereocenters. The summed E-state index contributed by atoms with van der Waals surface area (Å²) in [7, 11) is 0. The summed E-state index contributed by atoms with van der Waals surface area (Å²) in [5, 5.41) is 3.71. The molecule has 0 spiro atoms. The Labute approximate surface area is 118 Å². The van der Waals surface area contributed by atoms with Gasteiger partial charge >= 0.3 is 0 Å². The maximum absolute atomic E-state index is 13.4. The van der Waals surface area contributed by atoms with Crippen molar-refractivity contribution in [2.45, 2.75) is 32.2 Å². The lowest BCUT2D eigenvalue weighted by Crippen LogP contribution is -2.32. The second-order valence-electron chi connectivity index (χ2n) is 4.39. The molecule has 0 radical (unpaired) electrons. The van der Waals surface area contributed by atoms with E-state index < -0.39 is 0 Å². The predicted molar refractivity (Wildman–Crippen MR) is 80.2 cm³/mol. The van der Waals surface area contributed by atoms with Crippen molar-refractivity contribution in [3.8, 4) is 0 Å². The van der Waals surface area contributed by atoms with E-state index in [1.54, 1.807) is 12.1 Å². The number of nitrogens with one attached hydrogen (secondary N) is 1. The molecule has 0 saturated heterocycles. The Hall–Kier alpha value is -0.250. The van der Waals surface area contributed by atoms with E-state index in [2.05, 4.69) is 18.5 Å². The van der Waals surface area contributed by atoms with Crippen LogP contribution in [0.4, 0.5) is 4.39 Å². The van der Waals surface area contributed by atoms with Crippen molar-refractivity contribution in [1.29, 1.82) is 0 Å². The molecule has 0 aliphatic heterocycles. The fourth-order valence-corrected chi connectivity index (χ4v) is 2.47. The van der Waals surface area contributed by atoms with Crippen LogP contribution in [0.5, 0.6) is 0 Å². The van der Waals surface area contributed by atoms with Crippen molar-refractivity contribution < 1.29 is 4.39 Å². The highest BCUT2D eigenvalue weighted by atomic mass is 35.5. The first-order valence-electron chi connectivity index (χ1n) is 6.33. The topological polar surface area (TPSA) is 12.0 Å². The molecule has 0 saturated carbocycles. The lowest BCUT2D eigenvalue weighted by molar-refractivity contribution is 0.496. The molecule has 0 bridgehead atoms. The maximum atomic E-state index is 13.4. The van der Waals surface area contributed by atoms with Crippen LogP contribution in [0.25, 0.3) is 0 Å². The molecular weight excluding hydrogens is 269 g/mol. The molecule has 1 nitrogen and oxygen atoms in total. The summed E-state index contributed by atoms with van der Waals surface area (Å²) in [5.41, 5.74) is 1.01. The lowest BCUT2D eigenvalue weighted by atomic mass is 10.0. The Balaban J connectivity index is 2.59. The Morgan fingerprint density at radius 2 is 2.22 bits per heavy atom. The van der Waals surface area contributed by atoms with Crippen LogP contribution >= 0.6 is 23.4 Å². The maximum Gasteiger partial charge on any atom is 0.142 e. The van der Waals surface area contributed by atoms with Crippen molar-refractivity contribution in [3.63, 3.8) is 0 Å². The molecule has 0 amide bonds. The van der Waals surface area contributed by atoms with Crippen LogP contribution in [0.1, 0.15) is 25.3 Å². The van der Waals surface area contributed by atoms with Gasteiger partial charge in [0, 0.05) is 6.04 Å². The Kier molecular flexibility index (Phi) is 7.71. The van der Waals surface area contributed by atoms with Crippen molar-refractivity contribution in [2.75, 3.05) is 18.6 Å². The monoisotopic (exact) mass is 289 g/mol. The summed E-state index contributed by atoms with van der Waals surface area (Å²) < 4.78 is 13.4. The zero-order chi connectivity index (χ0) is 13.4. The Morgan fingerprint density at radius 1 is 1.44 bits per heavy atom. The third kappa shape index (κ3) is 5.59. The molecule has 1 rings (SSSR count). The van der Waals surface area contributed by atoms with E-state index in [0.717, 1.165) is 37.1 Å². The number of thioether (sulfide) groups is 1. The molecule has 1 N–H and O–H groups in total. The van der Waals surface area contributed by atoms with Gasteiger partial charge in [-0.15, -0.1) is 0 Å². The minimum absolute atomic E-state index is 0.195. The quantitative estimate of drug-likeness (QED) is 0.772. The van der Waals surface area contributed by atoms with Gasteiger partial charge in [-0.2, -0.15) is 11.8 Å². The standard InChI is InChI=1S/C14H21ClFNS/c1-3-7-17-12(6-8-18-2)9-11-4-5-13(15)14(16)10-11/h4-5,10,12,17H,3,6-9H2,1-2H3. The van der Waals surface area contributed by atoms with Gasteiger partial charge in [-0.25, -0.2) is 4.39 Å². The first kappa shape index (κ1) is 15.8. The predicted octanol–water partition coefficient (Wildman–Crippen LogP) is 4.14. The zero-order valence-corrected chi connectivity index (χ0v) is 12.6. The van der Waals surface area contributed by atoms with Crippen molar-refractivity contribution in [2.24, 2.45) is 0 Å². The van der Waals surface area contributed by atoms with Gasteiger partial charge in [0.2, 0.25) is 0 Å². The van der Waals surface area contributed by atoms with Crippen LogP contribution < -0.4 is 5.32 Å². The lowest BCUT2D eigenvalue weighted by Gasteiger charge is -2.18. The average Bonchev–Trinajstić information content (AvgIpc) is 2.37. The molecule has 0 fully saturated rings. The minimum Gasteiger partial charge on any atom is -0.314 e. The second-order valence-corrected chi connectivity index (χ2v) is 5.78. The molecule has 0 aromatic heterocycles. The third-order valence-corrected chi connectivity index (χ3v) is 3.77. The van der Waals surface area contributed by atoms with Gasteiger partial charge in [0.05, 0.1) is 5.02 Å². The molecule has 0 aliphatic rings. The van der Waals surface area contributed by atoms with E-state index in [4.69, 9.17) is 11.6 Å². The molecule has 4 heteroatoms. The minimum atomic E-state index is -0.326. The van der Waals surface area contributed by atoms with Gasteiger partial charge in [0.25, 0.3) is 0 Å². The van der Waals surface area contributed by atoms with Crippen LogP contribution in [0.3, 0.4) is 0 Å². The van der Waals surface area contributed by atoms with E-state index in [1.807, 2.05) is 17.8 Å². The van der Waals surface area contributed by atoms with E-state index in [9.17, 15) is 4.39 Å². The molecular formula is C14H21ClFNS. The van der Waals surface area contributed by atoms with Crippen LogP contribution in [-0.2, 0) is 6.42 Å². The van der Waals surface area contributed by atoms with E-state index in [1.165, 1.54) is 0 Å².